The zero-order chi connectivity index (χ0) is 13.9. The fraction of sp³-hybridized carbons (Fsp3) is 0.615. The first-order valence-corrected chi connectivity index (χ1v) is 6.42. The van der Waals surface area contributed by atoms with E-state index in [-0.39, 0.29) is 11.9 Å². The van der Waals surface area contributed by atoms with Crippen molar-refractivity contribution in [1.29, 1.82) is 5.26 Å². The average molecular weight is 262 g/mol. The molecule has 0 radical (unpaired) electrons. The molecule has 102 valence electrons. The van der Waals surface area contributed by atoms with Gasteiger partial charge in [0.1, 0.15) is 5.41 Å². The van der Waals surface area contributed by atoms with E-state index in [1.165, 1.54) is 0 Å². The molecule has 6 heteroatoms. The van der Waals surface area contributed by atoms with Crippen molar-refractivity contribution in [2.45, 2.75) is 32.7 Å². The fourth-order valence-electron chi connectivity index (χ4n) is 2.05. The molecule has 0 atom stereocenters. The Kier molecular flexibility index (Phi) is 3.86. The van der Waals surface area contributed by atoms with Crippen molar-refractivity contribution in [2.24, 2.45) is 5.41 Å². The molecule has 1 N–H and O–H groups in total. The van der Waals surface area contributed by atoms with Crippen molar-refractivity contribution in [3.63, 3.8) is 0 Å². The summed E-state index contributed by atoms with van der Waals surface area (Å²) in [5, 5.41) is 16.2. The van der Waals surface area contributed by atoms with Crippen molar-refractivity contribution in [3.05, 3.63) is 12.4 Å². The summed E-state index contributed by atoms with van der Waals surface area (Å²) >= 11 is 0. The Morgan fingerprint density at radius 2 is 2.26 bits per heavy atom. The normalized spacial score (nSPS) is 18.0. The number of carbonyl (C=O) groups is 1. The SMILES string of the molecule is CC(C)n1cc(NC(=O)C2(C#N)CCOCC2)cn1. The third-order valence-corrected chi connectivity index (χ3v) is 3.38. The molecular weight excluding hydrogens is 244 g/mol. The molecule has 0 bridgehead atoms. The Bertz CT molecular complexity index is 495. The second kappa shape index (κ2) is 5.41. The predicted octanol–water partition coefficient (Wildman–Crippen LogP) is 1.72. The largest absolute Gasteiger partial charge is 0.381 e. The molecule has 0 aliphatic carbocycles. The zero-order valence-corrected chi connectivity index (χ0v) is 11.2. The monoisotopic (exact) mass is 262 g/mol. The molecule has 0 saturated carbocycles. The van der Waals surface area contributed by atoms with Gasteiger partial charge < -0.3 is 10.1 Å². The van der Waals surface area contributed by atoms with Crippen LogP contribution in [0.15, 0.2) is 12.4 Å². The summed E-state index contributed by atoms with van der Waals surface area (Å²) in [7, 11) is 0. The Balaban J connectivity index is 2.09. The Morgan fingerprint density at radius 1 is 1.58 bits per heavy atom. The van der Waals surface area contributed by atoms with Gasteiger partial charge in [-0.15, -0.1) is 0 Å². The number of nitrogens with one attached hydrogen (secondary N) is 1. The molecule has 0 unspecified atom stereocenters. The van der Waals surface area contributed by atoms with Gasteiger partial charge in [0.25, 0.3) is 0 Å². The van der Waals surface area contributed by atoms with Gasteiger partial charge in [-0.05, 0) is 26.7 Å². The number of hydrogen-bond acceptors (Lipinski definition) is 4. The van der Waals surface area contributed by atoms with Crippen LogP contribution in [-0.2, 0) is 9.53 Å². The minimum atomic E-state index is -0.974. The Morgan fingerprint density at radius 3 is 2.79 bits per heavy atom. The summed E-state index contributed by atoms with van der Waals surface area (Å²) in [6.07, 6.45) is 4.25. The lowest BCUT2D eigenvalue weighted by Crippen LogP contribution is -2.39. The number of ether oxygens (including phenoxy) is 1. The maximum absolute atomic E-state index is 12.3. The minimum Gasteiger partial charge on any atom is -0.381 e. The number of rotatable bonds is 3. The van der Waals surface area contributed by atoms with Crippen LogP contribution >= 0.6 is 0 Å². The molecule has 1 saturated heterocycles. The van der Waals surface area contributed by atoms with Crippen LogP contribution < -0.4 is 5.32 Å². The summed E-state index contributed by atoms with van der Waals surface area (Å²) in [6.45, 7) is 4.92. The molecule has 1 amide bonds. The predicted molar refractivity (Wildman–Crippen MR) is 69.3 cm³/mol. The molecule has 1 aromatic heterocycles. The molecule has 2 rings (SSSR count). The van der Waals surface area contributed by atoms with E-state index >= 15 is 0 Å². The summed E-state index contributed by atoms with van der Waals surface area (Å²) in [5.74, 6) is -0.262. The molecule has 19 heavy (non-hydrogen) atoms. The van der Waals surface area contributed by atoms with Gasteiger partial charge in [0.05, 0.1) is 18.0 Å². The maximum atomic E-state index is 12.3. The fourth-order valence-corrected chi connectivity index (χ4v) is 2.05. The number of carbonyl (C=O) groups excluding carboxylic acids is 1. The van der Waals surface area contributed by atoms with E-state index in [1.54, 1.807) is 17.1 Å². The lowest BCUT2D eigenvalue weighted by Gasteiger charge is -2.28. The van der Waals surface area contributed by atoms with Gasteiger partial charge in [-0.1, -0.05) is 0 Å². The van der Waals surface area contributed by atoms with Crippen molar-refractivity contribution >= 4 is 11.6 Å². The quantitative estimate of drug-likeness (QED) is 0.899. The van der Waals surface area contributed by atoms with Gasteiger partial charge in [-0.25, -0.2) is 0 Å². The first-order valence-electron chi connectivity index (χ1n) is 6.42. The number of nitrogens with zero attached hydrogens (tertiary/aromatic N) is 3. The summed E-state index contributed by atoms with van der Waals surface area (Å²) < 4.78 is 6.98. The van der Waals surface area contributed by atoms with Gasteiger partial charge in [-0.2, -0.15) is 10.4 Å². The molecule has 1 fully saturated rings. The average Bonchev–Trinajstić information content (AvgIpc) is 2.88. The summed E-state index contributed by atoms with van der Waals surface area (Å²) in [4.78, 5) is 12.3. The van der Waals surface area contributed by atoms with E-state index in [0.717, 1.165) is 0 Å². The number of anilines is 1. The van der Waals surface area contributed by atoms with Crippen molar-refractivity contribution in [2.75, 3.05) is 18.5 Å². The second-order valence-corrected chi connectivity index (χ2v) is 5.06. The van der Waals surface area contributed by atoms with E-state index < -0.39 is 5.41 Å². The molecule has 2 heterocycles. The van der Waals surface area contributed by atoms with Crippen LogP contribution in [0.4, 0.5) is 5.69 Å². The topological polar surface area (TPSA) is 79.9 Å². The van der Waals surface area contributed by atoms with Crippen LogP contribution in [-0.4, -0.2) is 28.9 Å². The van der Waals surface area contributed by atoms with Crippen molar-refractivity contribution < 1.29 is 9.53 Å². The maximum Gasteiger partial charge on any atom is 0.245 e. The lowest BCUT2D eigenvalue weighted by molar-refractivity contribution is -0.126. The molecule has 1 aliphatic heterocycles. The number of aromatic nitrogens is 2. The number of amides is 1. The van der Waals surface area contributed by atoms with E-state index in [0.29, 0.717) is 31.7 Å². The first kappa shape index (κ1) is 13.6. The van der Waals surface area contributed by atoms with Crippen LogP contribution in [0.25, 0.3) is 0 Å². The van der Waals surface area contributed by atoms with E-state index in [9.17, 15) is 10.1 Å². The van der Waals surface area contributed by atoms with E-state index in [1.807, 2.05) is 13.8 Å². The van der Waals surface area contributed by atoms with Gasteiger partial charge in [0.2, 0.25) is 5.91 Å². The van der Waals surface area contributed by atoms with Crippen LogP contribution in [0, 0.1) is 16.7 Å². The molecular formula is C13H18N4O2. The molecule has 0 aromatic carbocycles. The molecule has 1 aromatic rings. The minimum absolute atomic E-state index is 0.235. The highest BCUT2D eigenvalue weighted by Gasteiger charge is 2.40. The van der Waals surface area contributed by atoms with E-state index in [2.05, 4.69) is 16.5 Å². The number of hydrogen-bond donors (Lipinski definition) is 1. The van der Waals surface area contributed by atoms with Gasteiger partial charge in [0.15, 0.2) is 0 Å². The molecule has 6 nitrogen and oxygen atoms in total. The van der Waals surface area contributed by atoms with Crippen LogP contribution in [0.5, 0.6) is 0 Å². The van der Waals surface area contributed by atoms with Gasteiger partial charge >= 0.3 is 0 Å². The smallest absolute Gasteiger partial charge is 0.245 e. The second-order valence-electron chi connectivity index (χ2n) is 5.06. The lowest BCUT2D eigenvalue weighted by atomic mass is 9.81. The standard InChI is InChI=1S/C13H18N4O2/c1-10(2)17-8-11(7-15-17)16-12(18)13(9-14)3-5-19-6-4-13/h7-8,10H,3-6H2,1-2H3,(H,16,18). The summed E-state index contributed by atoms with van der Waals surface area (Å²) in [6, 6.07) is 2.38. The van der Waals surface area contributed by atoms with E-state index in [4.69, 9.17) is 4.74 Å². The Hall–Kier alpha value is -1.87. The van der Waals surface area contributed by atoms with Crippen LogP contribution in [0.1, 0.15) is 32.7 Å². The molecule has 1 aliphatic rings. The van der Waals surface area contributed by atoms with Crippen molar-refractivity contribution in [3.8, 4) is 6.07 Å². The van der Waals surface area contributed by atoms with Gasteiger partial charge in [0, 0.05) is 25.5 Å². The highest BCUT2D eigenvalue weighted by molar-refractivity contribution is 5.97. The number of nitriles is 1. The highest BCUT2D eigenvalue weighted by atomic mass is 16.5. The third-order valence-electron chi connectivity index (χ3n) is 3.38. The molecule has 0 spiro atoms. The van der Waals surface area contributed by atoms with Gasteiger partial charge in [-0.3, -0.25) is 9.48 Å². The zero-order valence-electron chi connectivity index (χ0n) is 11.2. The highest BCUT2D eigenvalue weighted by Crippen LogP contribution is 2.31. The van der Waals surface area contributed by atoms with Crippen LogP contribution in [0.3, 0.4) is 0 Å². The Labute approximate surface area is 112 Å². The first-order chi connectivity index (χ1) is 9.07. The summed E-state index contributed by atoms with van der Waals surface area (Å²) in [5.41, 5.74) is -0.349. The van der Waals surface area contributed by atoms with Crippen molar-refractivity contribution in [1.82, 2.24) is 9.78 Å². The van der Waals surface area contributed by atoms with Crippen LogP contribution in [0.2, 0.25) is 0 Å². The third kappa shape index (κ3) is 2.76.